The predicted molar refractivity (Wildman–Crippen MR) is 87.6 cm³/mol. The minimum Gasteiger partial charge on any atom is -0.491 e. The molecule has 1 atom stereocenters. The van der Waals surface area contributed by atoms with E-state index < -0.39 is 11.7 Å². The van der Waals surface area contributed by atoms with Crippen molar-refractivity contribution in [2.24, 2.45) is 0 Å². The predicted octanol–water partition coefficient (Wildman–Crippen LogP) is 3.93. The van der Waals surface area contributed by atoms with Crippen LogP contribution in [0.1, 0.15) is 20.8 Å². The van der Waals surface area contributed by atoms with Crippen LogP contribution in [-0.4, -0.2) is 30.9 Å². The van der Waals surface area contributed by atoms with Gasteiger partial charge in [0.15, 0.2) is 0 Å². The lowest BCUT2D eigenvalue weighted by molar-refractivity contribution is 0.0492. The minimum absolute atomic E-state index is 0.292. The summed E-state index contributed by atoms with van der Waals surface area (Å²) in [5, 5.41) is 2.66. The van der Waals surface area contributed by atoms with Gasteiger partial charge in [-0.25, -0.2) is 4.79 Å². The van der Waals surface area contributed by atoms with Crippen molar-refractivity contribution < 1.29 is 18.5 Å². The highest BCUT2D eigenvalue weighted by molar-refractivity contribution is 9.49. The van der Waals surface area contributed by atoms with Crippen molar-refractivity contribution in [2.75, 3.05) is 13.2 Å². The molecular formula is C14H20BrNO4S. The van der Waals surface area contributed by atoms with E-state index in [4.69, 9.17) is 13.7 Å². The first-order valence-corrected chi connectivity index (χ1v) is 9.08. The monoisotopic (exact) mass is 377 g/mol. The first-order chi connectivity index (χ1) is 9.90. The van der Waals surface area contributed by atoms with E-state index in [9.17, 15) is 4.79 Å². The first-order valence-electron chi connectivity index (χ1n) is 6.49. The molecule has 0 heterocycles. The lowest BCUT2D eigenvalue weighted by Crippen LogP contribution is -2.39. The van der Waals surface area contributed by atoms with Crippen LogP contribution in [-0.2, 0) is 8.92 Å². The molecule has 0 aliphatic rings. The second-order valence-corrected chi connectivity index (χ2v) is 6.40. The van der Waals surface area contributed by atoms with E-state index in [1.165, 1.54) is 0 Å². The Morgan fingerprint density at radius 1 is 1.33 bits per heavy atom. The SMILES string of the molecule is CC(C)(C)OC(=O)NC[C@@H](COc1ccccc1)OSBr. The Bertz CT molecular complexity index is 425. The molecule has 1 aromatic carbocycles. The fourth-order valence-electron chi connectivity index (χ4n) is 1.39. The number of carbonyl (C=O) groups excluding carboxylic acids is 1. The quantitative estimate of drug-likeness (QED) is 0.729. The molecule has 0 saturated carbocycles. The molecule has 0 saturated heterocycles. The van der Waals surface area contributed by atoms with Crippen molar-refractivity contribution in [1.29, 1.82) is 0 Å². The van der Waals surface area contributed by atoms with Crippen molar-refractivity contribution in [3.63, 3.8) is 0 Å². The molecule has 1 rings (SSSR count). The van der Waals surface area contributed by atoms with Crippen LogP contribution in [0.5, 0.6) is 5.75 Å². The number of para-hydroxylation sites is 1. The summed E-state index contributed by atoms with van der Waals surface area (Å²) in [6.07, 6.45) is -0.780. The van der Waals surface area contributed by atoms with Gasteiger partial charge in [-0.1, -0.05) is 18.2 Å². The van der Waals surface area contributed by atoms with Crippen LogP contribution in [0.4, 0.5) is 4.79 Å². The number of nitrogens with one attached hydrogen (secondary N) is 1. The Morgan fingerprint density at radius 2 is 2.00 bits per heavy atom. The third-order valence-corrected chi connectivity index (χ3v) is 3.03. The Morgan fingerprint density at radius 3 is 2.57 bits per heavy atom. The van der Waals surface area contributed by atoms with Crippen LogP contribution in [0.2, 0.25) is 0 Å². The summed E-state index contributed by atoms with van der Waals surface area (Å²) in [5.41, 5.74) is -0.523. The molecule has 1 aromatic rings. The fourth-order valence-corrected chi connectivity index (χ4v) is 2.26. The van der Waals surface area contributed by atoms with Crippen molar-refractivity contribution >= 4 is 31.4 Å². The Hall–Kier alpha value is -0.920. The largest absolute Gasteiger partial charge is 0.491 e. The molecule has 0 aliphatic carbocycles. The molecule has 0 bridgehead atoms. The number of alkyl carbamates (subject to hydrolysis) is 1. The van der Waals surface area contributed by atoms with Crippen molar-refractivity contribution in [2.45, 2.75) is 32.5 Å². The first kappa shape index (κ1) is 18.1. The van der Waals surface area contributed by atoms with Crippen molar-refractivity contribution in [3.05, 3.63) is 30.3 Å². The molecule has 0 unspecified atom stereocenters. The van der Waals surface area contributed by atoms with Gasteiger partial charge in [0.1, 0.15) is 24.1 Å². The Balaban J connectivity index is 2.37. The zero-order chi connectivity index (χ0) is 15.7. The van der Waals surface area contributed by atoms with Gasteiger partial charge in [0.25, 0.3) is 0 Å². The van der Waals surface area contributed by atoms with E-state index in [1.807, 2.05) is 51.1 Å². The standard InChI is InChI=1S/C14H20BrNO4S/c1-14(2,3)19-13(17)16-9-12(20-21-15)10-18-11-7-5-4-6-8-11/h4-8,12H,9-10H2,1-3H3,(H,16,17)/t12-/m0/s1. The van der Waals surface area contributed by atoms with E-state index in [0.717, 1.165) is 16.2 Å². The van der Waals surface area contributed by atoms with Gasteiger partial charge in [-0.15, -0.1) is 0 Å². The van der Waals surface area contributed by atoms with E-state index in [1.54, 1.807) is 0 Å². The molecule has 0 fully saturated rings. The summed E-state index contributed by atoms with van der Waals surface area (Å²) < 4.78 is 16.1. The normalized spacial score (nSPS) is 12.6. The molecule has 0 radical (unpaired) electrons. The number of ether oxygens (including phenoxy) is 2. The van der Waals surface area contributed by atoms with E-state index in [-0.39, 0.29) is 6.10 Å². The number of benzene rings is 1. The fraction of sp³-hybridized carbons (Fsp3) is 0.500. The highest BCUT2D eigenvalue weighted by Crippen LogP contribution is 2.16. The molecule has 7 heteroatoms. The maximum atomic E-state index is 11.6. The smallest absolute Gasteiger partial charge is 0.407 e. The maximum absolute atomic E-state index is 11.6. The number of halogens is 1. The molecule has 0 spiro atoms. The Labute approximate surface area is 137 Å². The lowest BCUT2D eigenvalue weighted by Gasteiger charge is -2.21. The molecule has 1 N–H and O–H groups in total. The number of hydrogen-bond donors (Lipinski definition) is 1. The zero-order valence-electron chi connectivity index (χ0n) is 12.3. The van der Waals surface area contributed by atoms with Gasteiger partial charge in [0, 0.05) is 14.8 Å². The van der Waals surface area contributed by atoms with Gasteiger partial charge in [-0.05, 0) is 32.9 Å². The average Bonchev–Trinajstić information content (AvgIpc) is 2.41. The molecule has 118 valence electrons. The van der Waals surface area contributed by atoms with Crippen molar-refractivity contribution in [1.82, 2.24) is 5.32 Å². The van der Waals surface area contributed by atoms with Gasteiger partial charge in [-0.3, -0.25) is 4.18 Å². The molecular weight excluding hydrogens is 358 g/mol. The van der Waals surface area contributed by atoms with Gasteiger partial charge in [0.2, 0.25) is 0 Å². The van der Waals surface area contributed by atoms with Gasteiger partial charge in [-0.2, -0.15) is 0 Å². The number of amides is 1. The summed E-state index contributed by atoms with van der Waals surface area (Å²) in [4.78, 5) is 11.6. The summed E-state index contributed by atoms with van der Waals surface area (Å²) in [5.74, 6) is 0.753. The second kappa shape index (κ2) is 9.17. The summed E-state index contributed by atoms with van der Waals surface area (Å²) in [6, 6.07) is 9.42. The highest BCUT2D eigenvalue weighted by atomic mass is 79.9. The van der Waals surface area contributed by atoms with Crippen LogP contribution in [0, 0.1) is 0 Å². The van der Waals surface area contributed by atoms with Crippen LogP contribution < -0.4 is 10.1 Å². The van der Waals surface area contributed by atoms with Crippen LogP contribution in [0.3, 0.4) is 0 Å². The Kier molecular flexibility index (Phi) is 7.92. The van der Waals surface area contributed by atoms with Crippen LogP contribution in [0.25, 0.3) is 0 Å². The highest BCUT2D eigenvalue weighted by Gasteiger charge is 2.18. The number of rotatable bonds is 7. The average molecular weight is 378 g/mol. The van der Waals surface area contributed by atoms with Crippen molar-refractivity contribution in [3.8, 4) is 5.75 Å². The summed E-state index contributed by atoms with van der Waals surface area (Å²) >= 11 is 3.13. The van der Waals surface area contributed by atoms with E-state index >= 15 is 0 Å². The van der Waals surface area contributed by atoms with E-state index in [2.05, 4.69) is 20.1 Å². The summed E-state index contributed by atoms with van der Waals surface area (Å²) in [6.45, 7) is 6.05. The molecule has 0 aromatic heterocycles. The number of carbonyl (C=O) groups is 1. The topological polar surface area (TPSA) is 56.8 Å². The van der Waals surface area contributed by atoms with Crippen LogP contribution >= 0.6 is 25.3 Å². The molecule has 1 amide bonds. The lowest BCUT2D eigenvalue weighted by atomic mass is 10.2. The van der Waals surface area contributed by atoms with E-state index in [0.29, 0.717) is 13.2 Å². The third-order valence-electron chi connectivity index (χ3n) is 2.22. The zero-order valence-corrected chi connectivity index (χ0v) is 14.7. The minimum atomic E-state index is -0.523. The summed E-state index contributed by atoms with van der Waals surface area (Å²) in [7, 11) is 1.05. The van der Waals surface area contributed by atoms with Crippen LogP contribution in [0.15, 0.2) is 30.3 Å². The van der Waals surface area contributed by atoms with Gasteiger partial charge in [0.05, 0.1) is 17.0 Å². The van der Waals surface area contributed by atoms with Gasteiger partial charge >= 0.3 is 6.09 Å². The molecule has 21 heavy (non-hydrogen) atoms. The number of hydrogen-bond acceptors (Lipinski definition) is 5. The molecule has 0 aliphatic heterocycles. The molecule has 5 nitrogen and oxygen atoms in total. The van der Waals surface area contributed by atoms with Gasteiger partial charge < -0.3 is 14.8 Å². The third kappa shape index (κ3) is 8.85. The second-order valence-electron chi connectivity index (χ2n) is 5.29. The maximum Gasteiger partial charge on any atom is 0.407 e.